The van der Waals surface area contributed by atoms with Crippen LogP contribution in [0.15, 0.2) is 54.6 Å². The SMILES string of the molecule is Cc1cccc(C(=O)[C@](O)(c2ccccc2)[C@@H]2CCCCC2=O)c1. The number of hydrogen-bond acceptors (Lipinski definition) is 3. The molecule has 0 bridgehead atoms. The molecule has 1 aliphatic carbocycles. The van der Waals surface area contributed by atoms with Crippen molar-refractivity contribution in [2.24, 2.45) is 5.92 Å². The fourth-order valence-corrected chi connectivity index (χ4v) is 3.61. The van der Waals surface area contributed by atoms with Gasteiger partial charge in [-0.25, -0.2) is 0 Å². The zero-order valence-corrected chi connectivity index (χ0v) is 13.9. The Hall–Kier alpha value is -2.26. The predicted molar refractivity (Wildman–Crippen MR) is 92.8 cm³/mol. The molecule has 124 valence electrons. The fourth-order valence-electron chi connectivity index (χ4n) is 3.61. The second-order valence-corrected chi connectivity index (χ2v) is 6.60. The van der Waals surface area contributed by atoms with Gasteiger partial charge in [-0.05, 0) is 31.4 Å². The summed E-state index contributed by atoms with van der Waals surface area (Å²) in [7, 11) is 0. The van der Waals surface area contributed by atoms with E-state index < -0.39 is 17.3 Å². The molecule has 1 aliphatic rings. The minimum Gasteiger partial charge on any atom is -0.376 e. The molecule has 0 unspecified atom stereocenters. The molecule has 2 aromatic rings. The molecular formula is C21H22O3. The summed E-state index contributed by atoms with van der Waals surface area (Å²) in [6, 6.07) is 16.1. The van der Waals surface area contributed by atoms with Crippen molar-refractivity contribution in [2.75, 3.05) is 0 Å². The number of rotatable bonds is 4. The smallest absolute Gasteiger partial charge is 0.199 e. The number of hydrogen-bond donors (Lipinski definition) is 1. The van der Waals surface area contributed by atoms with Gasteiger partial charge in [-0.3, -0.25) is 9.59 Å². The van der Waals surface area contributed by atoms with E-state index in [2.05, 4.69) is 0 Å². The van der Waals surface area contributed by atoms with Crippen LogP contribution >= 0.6 is 0 Å². The maximum atomic E-state index is 13.3. The minimum atomic E-state index is -1.80. The minimum absolute atomic E-state index is 0.0198. The van der Waals surface area contributed by atoms with E-state index in [-0.39, 0.29) is 5.78 Å². The Balaban J connectivity index is 2.11. The van der Waals surface area contributed by atoms with E-state index in [1.54, 1.807) is 42.5 Å². The number of aryl methyl sites for hydroxylation is 1. The number of carbonyl (C=O) groups is 2. The van der Waals surface area contributed by atoms with E-state index in [9.17, 15) is 14.7 Å². The summed E-state index contributed by atoms with van der Waals surface area (Å²) < 4.78 is 0. The lowest BCUT2D eigenvalue weighted by Gasteiger charge is -2.36. The van der Waals surface area contributed by atoms with Crippen molar-refractivity contribution in [3.05, 3.63) is 71.3 Å². The summed E-state index contributed by atoms with van der Waals surface area (Å²) in [5, 5.41) is 11.5. The third-order valence-corrected chi connectivity index (χ3v) is 4.90. The number of benzene rings is 2. The van der Waals surface area contributed by atoms with Gasteiger partial charge in [0.15, 0.2) is 11.4 Å². The van der Waals surface area contributed by atoms with E-state index in [1.807, 2.05) is 19.1 Å². The van der Waals surface area contributed by atoms with Crippen LogP contribution in [0.4, 0.5) is 0 Å². The Morgan fingerprint density at radius 3 is 2.50 bits per heavy atom. The van der Waals surface area contributed by atoms with Crippen molar-refractivity contribution in [2.45, 2.75) is 38.2 Å². The number of aliphatic hydroxyl groups is 1. The molecule has 24 heavy (non-hydrogen) atoms. The summed E-state index contributed by atoms with van der Waals surface area (Å²) >= 11 is 0. The molecule has 1 N–H and O–H groups in total. The van der Waals surface area contributed by atoms with Crippen molar-refractivity contribution >= 4 is 11.6 Å². The first-order valence-electron chi connectivity index (χ1n) is 8.45. The van der Waals surface area contributed by atoms with Gasteiger partial charge in [-0.15, -0.1) is 0 Å². The van der Waals surface area contributed by atoms with Gasteiger partial charge in [0.1, 0.15) is 5.78 Å². The largest absolute Gasteiger partial charge is 0.376 e. The molecule has 0 saturated heterocycles. The summed E-state index contributed by atoms with van der Waals surface area (Å²) in [4.78, 5) is 25.8. The Labute approximate surface area is 142 Å². The molecule has 0 amide bonds. The lowest BCUT2D eigenvalue weighted by Crippen LogP contribution is -2.47. The number of carbonyl (C=O) groups excluding carboxylic acids is 2. The molecule has 0 aliphatic heterocycles. The van der Waals surface area contributed by atoms with Crippen LogP contribution in [0.1, 0.15) is 47.2 Å². The third kappa shape index (κ3) is 2.92. The normalized spacial score (nSPS) is 20.4. The topological polar surface area (TPSA) is 54.4 Å². The lowest BCUT2D eigenvalue weighted by atomic mass is 9.69. The highest BCUT2D eigenvalue weighted by molar-refractivity contribution is 6.06. The number of ketones is 2. The van der Waals surface area contributed by atoms with E-state index in [1.165, 1.54) is 0 Å². The van der Waals surface area contributed by atoms with Gasteiger partial charge in [-0.1, -0.05) is 60.5 Å². The second kappa shape index (κ2) is 6.70. The van der Waals surface area contributed by atoms with Gasteiger partial charge >= 0.3 is 0 Å². The van der Waals surface area contributed by atoms with E-state index >= 15 is 0 Å². The monoisotopic (exact) mass is 322 g/mol. The molecule has 3 heteroatoms. The zero-order valence-electron chi connectivity index (χ0n) is 13.9. The molecule has 3 rings (SSSR count). The molecule has 1 fully saturated rings. The Bertz CT molecular complexity index is 751. The van der Waals surface area contributed by atoms with Gasteiger partial charge in [0, 0.05) is 12.0 Å². The Kier molecular flexibility index (Phi) is 4.63. The van der Waals surface area contributed by atoms with E-state index in [0.717, 1.165) is 18.4 Å². The first-order chi connectivity index (χ1) is 11.5. The summed E-state index contributed by atoms with van der Waals surface area (Å²) in [5.41, 5.74) is 0.0924. The zero-order chi connectivity index (χ0) is 17.2. The summed E-state index contributed by atoms with van der Waals surface area (Å²) in [6.07, 6.45) is 2.66. The maximum absolute atomic E-state index is 13.3. The van der Waals surface area contributed by atoms with Crippen molar-refractivity contribution in [1.29, 1.82) is 0 Å². The highest BCUT2D eigenvalue weighted by atomic mass is 16.3. The van der Waals surface area contributed by atoms with Crippen LogP contribution in [-0.4, -0.2) is 16.7 Å². The van der Waals surface area contributed by atoms with Crippen LogP contribution in [0.5, 0.6) is 0 Å². The standard InChI is InChI=1S/C21H22O3/c1-15-8-7-9-16(14-15)20(23)21(24,17-10-3-2-4-11-17)18-12-5-6-13-19(18)22/h2-4,7-11,14,18,24H,5-6,12-13H2,1H3/t18-,21+/m1/s1. The van der Waals surface area contributed by atoms with Crippen molar-refractivity contribution in [3.63, 3.8) is 0 Å². The van der Waals surface area contributed by atoms with Gasteiger partial charge in [0.2, 0.25) is 0 Å². The fraction of sp³-hybridized carbons (Fsp3) is 0.333. The first-order valence-corrected chi connectivity index (χ1v) is 8.45. The average Bonchev–Trinajstić information content (AvgIpc) is 2.61. The highest BCUT2D eigenvalue weighted by Crippen LogP contribution is 2.40. The molecule has 3 nitrogen and oxygen atoms in total. The molecular weight excluding hydrogens is 300 g/mol. The van der Waals surface area contributed by atoms with Crippen LogP contribution in [0.2, 0.25) is 0 Å². The highest BCUT2D eigenvalue weighted by Gasteiger charge is 2.49. The molecule has 1 saturated carbocycles. The molecule has 0 radical (unpaired) electrons. The molecule has 0 spiro atoms. The van der Waals surface area contributed by atoms with Gasteiger partial charge in [0.05, 0.1) is 5.92 Å². The van der Waals surface area contributed by atoms with Gasteiger partial charge < -0.3 is 5.11 Å². The van der Waals surface area contributed by atoms with Crippen LogP contribution in [0.3, 0.4) is 0 Å². The van der Waals surface area contributed by atoms with E-state index in [4.69, 9.17) is 0 Å². The molecule has 2 atom stereocenters. The van der Waals surface area contributed by atoms with Gasteiger partial charge in [-0.2, -0.15) is 0 Å². The number of Topliss-reactive ketones (excluding diaryl/α,β-unsaturated/α-hetero) is 2. The molecule has 0 aromatic heterocycles. The molecule has 0 heterocycles. The summed E-state index contributed by atoms with van der Waals surface area (Å²) in [5.74, 6) is -1.09. The summed E-state index contributed by atoms with van der Waals surface area (Å²) in [6.45, 7) is 1.91. The van der Waals surface area contributed by atoms with Crippen LogP contribution in [0.25, 0.3) is 0 Å². The second-order valence-electron chi connectivity index (χ2n) is 6.60. The van der Waals surface area contributed by atoms with Crippen LogP contribution < -0.4 is 0 Å². The van der Waals surface area contributed by atoms with Crippen LogP contribution in [0, 0.1) is 12.8 Å². The Morgan fingerprint density at radius 1 is 1.08 bits per heavy atom. The third-order valence-electron chi connectivity index (χ3n) is 4.90. The van der Waals surface area contributed by atoms with Crippen molar-refractivity contribution < 1.29 is 14.7 Å². The lowest BCUT2D eigenvalue weighted by molar-refractivity contribution is -0.133. The maximum Gasteiger partial charge on any atom is 0.199 e. The molecule has 2 aromatic carbocycles. The van der Waals surface area contributed by atoms with Crippen molar-refractivity contribution in [1.82, 2.24) is 0 Å². The Morgan fingerprint density at radius 2 is 1.83 bits per heavy atom. The first kappa shape index (κ1) is 16.6. The van der Waals surface area contributed by atoms with Gasteiger partial charge in [0.25, 0.3) is 0 Å². The predicted octanol–water partition coefficient (Wildman–Crippen LogP) is 3.82. The average molecular weight is 322 g/mol. The van der Waals surface area contributed by atoms with E-state index in [0.29, 0.717) is 24.0 Å². The quantitative estimate of drug-likeness (QED) is 0.871. The van der Waals surface area contributed by atoms with Crippen molar-refractivity contribution in [3.8, 4) is 0 Å². The van der Waals surface area contributed by atoms with Crippen LogP contribution in [-0.2, 0) is 10.4 Å².